The number of aromatic nitrogens is 1. The van der Waals surface area contributed by atoms with Crippen molar-refractivity contribution in [3.63, 3.8) is 0 Å². The summed E-state index contributed by atoms with van der Waals surface area (Å²) in [7, 11) is -3.64. The summed E-state index contributed by atoms with van der Waals surface area (Å²) in [5.74, 6) is 0. The summed E-state index contributed by atoms with van der Waals surface area (Å²) in [6.45, 7) is 4.98. The van der Waals surface area contributed by atoms with Gasteiger partial charge in [-0.05, 0) is 68.6 Å². The number of halogens is 1. The van der Waals surface area contributed by atoms with Gasteiger partial charge in [0.15, 0.2) is 0 Å². The van der Waals surface area contributed by atoms with Crippen molar-refractivity contribution >= 4 is 43.2 Å². The molecule has 1 aromatic heterocycles. The van der Waals surface area contributed by atoms with E-state index in [4.69, 9.17) is 11.6 Å². The highest BCUT2D eigenvalue weighted by atomic mass is 35.5. The Bertz CT molecular complexity index is 1270. The minimum Gasteiger partial charge on any atom is -0.300 e. The molecule has 1 aliphatic heterocycles. The van der Waals surface area contributed by atoms with Gasteiger partial charge in [-0.1, -0.05) is 54.5 Å². The minimum absolute atomic E-state index is 0.139. The van der Waals surface area contributed by atoms with Crippen molar-refractivity contribution in [3.05, 3.63) is 62.7 Å². The van der Waals surface area contributed by atoms with Crippen LogP contribution in [0.4, 0.5) is 0 Å². The summed E-state index contributed by atoms with van der Waals surface area (Å²) in [4.78, 5) is 15.1. The third-order valence-electron chi connectivity index (χ3n) is 6.37. The molecule has 0 aliphatic carbocycles. The minimum atomic E-state index is -3.64. The second-order valence-corrected chi connectivity index (χ2v) is 11.7. The molecule has 2 aromatic carbocycles. The van der Waals surface area contributed by atoms with Gasteiger partial charge in [0.05, 0.1) is 21.7 Å². The van der Waals surface area contributed by atoms with Crippen molar-refractivity contribution in [3.8, 4) is 0 Å². The molecule has 0 spiro atoms. The number of likely N-dealkylation sites (tertiary alicyclic amines) is 1. The molecule has 0 radical (unpaired) electrons. The fourth-order valence-corrected chi connectivity index (χ4v) is 6.85. The van der Waals surface area contributed by atoms with Crippen molar-refractivity contribution in [2.75, 3.05) is 19.6 Å². The summed E-state index contributed by atoms with van der Waals surface area (Å²) in [6, 6.07) is 12.9. The van der Waals surface area contributed by atoms with Crippen LogP contribution in [0.15, 0.2) is 52.2 Å². The van der Waals surface area contributed by atoms with Gasteiger partial charge in [0.1, 0.15) is 0 Å². The second-order valence-electron chi connectivity index (χ2n) is 8.52. The van der Waals surface area contributed by atoms with E-state index in [1.807, 2.05) is 18.2 Å². The normalized spacial score (nSPS) is 17.6. The maximum absolute atomic E-state index is 12.9. The lowest BCUT2D eigenvalue weighted by Crippen LogP contribution is -2.40. The Morgan fingerprint density at radius 2 is 2.00 bits per heavy atom. The predicted octanol–water partition coefficient (Wildman–Crippen LogP) is 4.70. The molecule has 1 fully saturated rings. The molecule has 1 aliphatic rings. The quantitative estimate of drug-likeness (QED) is 0.426. The number of rotatable bonds is 9. The highest BCUT2D eigenvalue weighted by Gasteiger charge is 2.21. The third kappa shape index (κ3) is 5.69. The zero-order chi connectivity index (χ0) is 23.4. The number of piperidine rings is 1. The first-order chi connectivity index (χ1) is 15.9. The highest BCUT2D eigenvalue weighted by Crippen LogP contribution is 2.24. The first-order valence-corrected chi connectivity index (χ1v) is 14.2. The fraction of sp³-hybridized carbons (Fsp3) is 0.458. The largest absolute Gasteiger partial charge is 0.308 e. The van der Waals surface area contributed by atoms with Crippen LogP contribution < -0.4 is 9.60 Å². The lowest BCUT2D eigenvalue weighted by molar-refractivity contribution is 0.143. The molecule has 1 N–H and O–H groups in total. The molecule has 0 unspecified atom stereocenters. The lowest BCUT2D eigenvalue weighted by Gasteiger charge is -2.35. The number of fused-ring (bicyclic) bond motifs is 1. The topological polar surface area (TPSA) is 71.4 Å². The highest BCUT2D eigenvalue weighted by molar-refractivity contribution is 7.89. The van der Waals surface area contributed by atoms with Crippen LogP contribution >= 0.6 is 22.9 Å². The van der Waals surface area contributed by atoms with Gasteiger partial charge >= 0.3 is 4.87 Å². The van der Waals surface area contributed by atoms with Crippen LogP contribution in [-0.2, 0) is 16.6 Å². The number of nitrogens with zero attached hydrogens (tertiary/aromatic N) is 2. The van der Waals surface area contributed by atoms with E-state index in [2.05, 4.69) is 16.5 Å². The fourth-order valence-electron chi connectivity index (χ4n) is 4.55. The van der Waals surface area contributed by atoms with E-state index in [0.29, 0.717) is 34.4 Å². The van der Waals surface area contributed by atoms with Crippen LogP contribution in [0.3, 0.4) is 0 Å². The number of hydrogen-bond donors (Lipinski definition) is 1. The first-order valence-electron chi connectivity index (χ1n) is 11.5. The van der Waals surface area contributed by atoms with Crippen molar-refractivity contribution in [2.45, 2.75) is 56.5 Å². The number of nitrogens with one attached hydrogen (secondary N) is 1. The maximum Gasteiger partial charge on any atom is 0.308 e. The molecule has 2 heterocycles. The Balaban J connectivity index is 1.43. The molecule has 0 amide bonds. The van der Waals surface area contributed by atoms with Gasteiger partial charge in [-0.15, -0.1) is 0 Å². The number of benzene rings is 2. The van der Waals surface area contributed by atoms with Crippen molar-refractivity contribution in [1.29, 1.82) is 0 Å². The van der Waals surface area contributed by atoms with Gasteiger partial charge in [-0.3, -0.25) is 9.36 Å². The van der Waals surface area contributed by atoms with Gasteiger partial charge in [-0.2, -0.15) is 0 Å². The van der Waals surface area contributed by atoms with Crippen LogP contribution in [-0.4, -0.2) is 43.6 Å². The molecule has 0 bridgehead atoms. The van der Waals surface area contributed by atoms with E-state index in [-0.39, 0.29) is 9.77 Å². The van der Waals surface area contributed by atoms with Crippen molar-refractivity contribution in [1.82, 2.24) is 14.2 Å². The van der Waals surface area contributed by atoms with Crippen LogP contribution in [0.2, 0.25) is 5.02 Å². The van der Waals surface area contributed by atoms with E-state index >= 15 is 0 Å². The molecule has 33 heavy (non-hydrogen) atoms. The van der Waals surface area contributed by atoms with Gasteiger partial charge in [0.2, 0.25) is 10.0 Å². The Morgan fingerprint density at radius 3 is 2.79 bits per heavy atom. The van der Waals surface area contributed by atoms with Gasteiger partial charge < -0.3 is 4.90 Å². The molecule has 6 nitrogen and oxygen atoms in total. The van der Waals surface area contributed by atoms with E-state index in [1.54, 1.807) is 28.8 Å². The summed E-state index contributed by atoms with van der Waals surface area (Å²) in [6.07, 6.45) is 5.67. The molecule has 9 heteroatoms. The monoisotopic (exact) mass is 507 g/mol. The average Bonchev–Trinajstić information content (AvgIpc) is 3.12. The van der Waals surface area contributed by atoms with E-state index in [0.717, 1.165) is 42.8 Å². The summed E-state index contributed by atoms with van der Waals surface area (Å²) in [5.41, 5.74) is 1.55. The predicted molar refractivity (Wildman–Crippen MR) is 136 cm³/mol. The third-order valence-corrected chi connectivity index (χ3v) is 9.14. The van der Waals surface area contributed by atoms with E-state index < -0.39 is 10.0 Å². The molecular formula is C24H30ClN3O3S2. The number of sulfonamides is 1. The lowest BCUT2D eigenvalue weighted by atomic mass is 10.00. The van der Waals surface area contributed by atoms with Crippen LogP contribution in [0, 0.1) is 0 Å². The summed E-state index contributed by atoms with van der Waals surface area (Å²) >= 11 is 7.30. The van der Waals surface area contributed by atoms with Gasteiger partial charge in [-0.25, -0.2) is 13.1 Å². The first kappa shape index (κ1) is 24.4. The van der Waals surface area contributed by atoms with E-state index in [9.17, 15) is 13.2 Å². The molecule has 1 atom stereocenters. The molecule has 178 valence electrons. The zero-order valence-corrected chi connectivity index (χ0v) is 21.2. The van der Waals surface area contributed by atoms with Crippen LogP contribution in [0.1, 0.15) is 44.6 Å². The second kappa shape index (κ2) is 10.7. The van der Waals surface area contributed by atoms with Gasteiger partial charge in [0.25, 0.3) is 0 Å². The Labute approximate surface area is 204 Å². The molecule has 4 rings (SSSR count). The smallest absolute Gasteiger partial charge is 0.300 e. The SMILES string of the molecule is CC[C@H]1CCCCN1CCCNS(=O)(=O)c1ccc2c(c1)sc(=O)n2Cc1ccccc1Cl. The Morgan fingerprint density at radius 1 is 1.18 bits per heavy atom. The van der Waals surface area contributed by atoms with Crippen molar-refractivity contribution in [2.24, 2.45) is 0 Å². The van der Waals surface area contributed by atoms with Crippen LogP contribution in [0.25, 0.3) is 10.2 Å². The number of thiazole rings is 1. The average molecular weight is 508 g/mol. The molecule has 1 saturated heterocycles. The summed E-state index contributed by atoms with van der Waals surface area (Å²) in [5, 5.41) is 0.599. The maximum atomic E-state index is 12.9. The summed E-state index contributed by atoms with van der Waals surface area (Å²) < 4.78 is 30.7. The standard InChI is InChI=1S/C24H30ClN3O3S2/c1-2-19-9-5-6-14-27(19)15-7-13-26-33(30,31)20-11-12-22-23(16-20)32-24(29)28(22)17-18-8-3-4-10-21(18)25/h3-4,8,10-12,16,19,26H,2,5-7,9,13-15,17H2,1H3/t19-/m0/s1. The molecule has 3 aromatic rings. The Kier molecular flexibility index (Phi) is 7.91. The molecular weight excluding hydrogens is 478 g/mol. The van der Waals surface area contributed by atoms with E-state index in [1.165, 1.54) is 19.3 Å². The van der Waals surface area contributed by atoms with Crippen molar-refractivity contribution < 1.29 is 8.42 Å². The number of hydrogen-bond acceptors (Lipinski definition) is 5. The Hall–Kier alpha value is -1.71. The zero-order valence-electron chi connectivity index (χ0n) is 18.8. The molecule has 0 saturated carbocycles. The van der Waals surface area contributed by atoms with Gasteiger partial charge in [0, 0.05) is 17.6 Å². The van der Waals surface area contributed by atoms with Crippen LogP contribution in [0.5, 0.6) is 0 Å².